The summed E-state index contributed by atoms with van der Waals surface area (Å²) in [5.74, 6) is -2.12. The maximum atomic E-state index is 15.2. The van der Waals surface area contributed by atoms with E-state index < -0.39 is 35.1 Å². The van der Waals surface area contributed by atoms with Gasteiger partial charge in [0.25, 0.3) is 0 Å². The van der Waals surface area contributed by atoms with Gasteiger partial charge in [-0.05, 0) is 70.4 Å². The summed E-state index contributed by atoms with van der Waals surface area (Å²) in [6.07, 6.45) is 1.12. The van der Waals surface area contributed by atoms with E-state index in [0.29, 0.717) is 25.1 Å². The minimum Gasteiger partial charge on any atom is -0.458 e. The van der Waals surface area contributed by atoms with Crippen molar-refractivity contribution in [1.82, 2.24) is 5.16 Å². The fourth-order valence-corrected chi connectivity index (χ4v) is 6.34. The third-order valence-electron chi connectivity index (χ3n) is 7.82. The van der Waals surface area contributed by atoms with Gasteiger partial charge in [0.05, 0.1) is 21.3 Å². The summed E-state index contributed by atoms with van der Waals surface area (Å²) in [7, 11) is 0. The molecular weight excluding hydrogens is 577 g/mol. The molecule has 7 nitrogen and oxygen atoms in total. The van der Waals surface area contributed by atoms with E-state index in [1.165, 1.54) is 6.07 Å². The molecular formula is C30H28Cl2F2N2O5. The Morgan fingerprint density at radius 3 is 2.39 bits per heavy atom. The zero-order valence-corrected chi connectivity index (χ0v) is 24.2. The number of carbonyl (C=O) groups excluding carboxylic acids is 2. The van der Waals surface area contributed by atoms with Crippen molar-refractivity contribution < 1.29 is 32.4 Å². The Hall–Kier alpha value is -3.17. The van der Waals surface area contributed by atoms with Gasteiger partial charge in [-0.15, -0.1) is 0 Å². The lowest BCUT2D eigenvalue weighted by atomic mass is 10.0. The largest absolute Gasteiger partial charge is 0.458 e. The second-order valence-corrected chi connectivity index (χ2v) is 12.8. The molecule has 216 valence electrons. The van der Waals surface area contributed by atoms with Crippen molar-refractivity contribution >= 4 is 40.8 Å². The van der Waals surface area contributed by atoms with Gasteiger partial charge in [0.15, 0.2) is 11.4 Å². The number of halogens is 4. The molecule has 3 atom stereocenters. The van der Waals surface area contributed by atoms with Crippen molar-refractivity contribution in [1.29, 1.82) is 0 Å². The summed E-state index contributed by atoms with van der Waals surface area (Å²) in [4.78, 5) is 27.9. The second-order valence-electron chi connectivity index (χ2n) is 11.9. The van der Waals surface area contributed by atoms with Crippen LogP contribution in [-0.4, -0.2) is 41.4 Å². The topological polar surface area (TPSA) is 81.9 Å². The van der Waals surface area contributed by atoms with Crippen LogP contribution in [0.25, 0.3) is 11.3 Å². The molecule has 3 aromatic rings. The van der Waals surface area contributed by atoms with E-state index in [2.05, 4.69) is 5.16 Å². The highest BCUT2D eigenvalue weighted by molar-refractivity contribution is 6.39. The minimum absolute atomic E-state index is 0.0430. The van der Waals surface area contributed by atoms with E-state index in [0.717, 1.165) is 0 Å². The molecule has 2 aromatic carbocycles. The predicted octanol–water partition coefficient (Wildman–Crippen LogP) is 7.53. The molecule has 41 heavy (non-hydrogen) atoms. The average Bonchev–Trinajstić information content (AvgIpc) is 3.22. The molecule has 0 N–H and O–H groups in total. The Morgan fingerprint density at radius 2 is 1.80 bits per heavy atom. The first-order valence-corrected chi connectivity index (χ1v) is 14.2. The number of carbonyl (C=O) groups is 2. The monoisotopic (exact) mass is 604 g/mol. The summed E-state index contributed by atoms with van der Waals surface area (Å²) >= 11 is 12.7. The lowest BCUT2D eigenvalue weighted by molar-refractivity contribution is 0.00683. The van der Waals surface area contributed by atoms with Gasteiger partial charge in [-0.3, -0.25) is 0 Å². The third-order valence-corrected chi connectivity index (χ3v) is 8.45. The van der Waals surface area contributed by atoms with Gasteiger partial charge in [0.1, 0.15) is 28.8 Å². The Balaban J connectivity index is 1.19. The number of hydrogen-bond acceptors (Lipinski definition) is 7. The van der Waals surface area contributed by atoms with Crippen LogP contribution in [-0.2, 0) is 15.1 Å². The van der Waals surface area contributed by atoms with Crippen LogP contribution < -0.4 is 4.90 Å². The lowest BCUT2D eigenvalue weighted by Gasteiger charge is -2.33. The van der Waals surface area contributed by atoms with Crippen molar-refractivity contribution in [2.24, 2.45) is 5.92 Å². The van der Waals surface area contributed by atoms with Gasteiger partial charge in [0.2, 0.25) is 0 Å². The summed E-state index contributed by atoms with van der Waals surface area (Å²) < 4.78 is 47.0. The molecule has 0 radical (unpaired) electrons. The van der Waals surface area contributed by atoms with Gasteiger partial charge < -0.3 is 18.9 Å². The van der Waals surface area contributed by atoms with Crippen LogP contribution in [0.2, 0.25) is 10.0 Å². The number of anilines is 1. The number of nitrogens with zero attached hydrogens (tertiary/aromatic N) is 2. The maximum Gasteiger partial charge on any atom is 0.344 e. The van der Waals surface area contributed by atoms with E-state index in [4.69, 9.17) is 37.2 Å². The Kier molecular flexibility index (Phi) is 6.81. The number of aromatic nitrogens is 1. The van der Waals surface area contributed by atoms with Crippen molar-refractivity contribution in [2.75, 3.05) is 11.4 Å². The molecule has 2 bridgehead atoms. The van der Waals surface area contributed by atoms with Gasteiger partial charge in [-0.1, -0.05) is 34.4 Å². The van der Waals surface area contributed by atoms with Crippen molar-refractivity contribution in [3.63, 3.8) is 0 Å². The first-order valence-electron chi connectivity index (χ1n) is 13.5. The normalized spacial score (nSPS) is 22.6. The van der Waals surface area contributed by atoms with Crippen LogP contribution in [0, 0.1) is 11.7 Å². The highest BCUT2D eigenvalue weighted by Crippen LogP contribution is 2.53. The summed E-state index contributed by atoms with van der Waals surface area (Å²) in [5.41, 5.74) is -1.76. The SMILES string of the molecule is CC(C)(C)OC(=O)c1ccc(N2C[C@@H]3C[C@H]2C[C@H]3OC(=O)c2c(-c3c(Cl)cccc3Cl)noc2C2(F)CC2)c(F)c1. The second kappa shape index (κ2) is 9.98. The molecule has 1 aliphatic heterocycles. The quantitative estimate of drug-likeness (QED) is 0.269. The molecule has 0 amide bonds. The predicted molar refractivity (Wildman–Crippen MR) is 149 cm³/mol. The molecule has 6 rings (SSSR count). The molecule has 2 saturated carbocycles. The van der Waals surface area contributed by atoms with Crippen LogP contribution >= 0.6 is 23.2 Å². The number of ether oxygens (including phenoxy) is 2. The highest BCUT2D eigenvalue weighted by Gasteiger charge is 2.53. The Morgan fingerprint density at radius 1 is 1.10 bits per heavy atom. The molecule has 0 unspecified atom stereocenters. The summed E-state index contributed by atoms with van der Waals surface area (Å²) in [6, 6.07) is 9.09. The van der Waals surface area contributed by atoms with E-state index in [9.17, 15) is 9.59 Å². The Bertz CT molecular complexity index is 1530. The van der Waals surface area contributed by atoms with Crippen molar-refractivity contribution in [2.45, 2.75) is 69.9 Å². The molecule has 1 saturated heterocycles. The molecule has 0 spiro atoms. The molecule has 11 heteroatoms. The molecule has 3 aliphatic rings. The van der Waals surface area contributed by atoms with E-state index in [-0.39, 0.29) is 63.0 Å². The van der Waals surface area contributed by atoms with Gasteiger partial charge in [0, 0.05) is 30.5 Å². The standard InChI is InChI=1S/C30H28Cl2F2N2O5/c1-29(2,3)40-27(37)15-7-8-21(20(33)12-15)36-14-16-11-17(36)13-22(16)39-28(38)24-25(23-18(31)5-4-6-19(23)32)35-41-26(24)30(34)9-10-30/h4-8,12,16-17,22H,9-11,13-14H2,1-3H3/t16-,17-,22+/m0/s1. The van der Waals surface area contributed by atoms with Gasteiger partial charge >= 0.3 is 11.9 Å². The molecule has 2 aliphatic carbocycles. The van der Waals surface area contributed by atoms with E-state index in [1.807, 2.05) is 4.90 Å². The van der Waals surface area contributed by atoms with E-state index in [1.54, 1.807) is 51.1 Å². The smallest absolute Gasteiger partial charge is 0.344 e. The van der Waals surface area contributed by atoms with E-state index >= 15 is 8.78 Å². The average molecular weight is 605 g/mol. The summed E-state index contributed by atoms with van der Waals surface area (Å²) in [6.45, 7) is 5.70. The fraction of sp³-hybridized carbons (Fsp3) is 0.433. The number of hydrogen-bond donors (Lipinski definition) is 0. The van der Waals surface area contributed by atoms with Crippen molar-refractivity contribution in [3.05, 3.63) is 69.1 Å². The zero-order valence-electron chi connectivity index (χ0n) is 22.7. The van der Waals surface area contributed by atoms with Crippen LogP contribution in [0.4, 0.5) is 14.5 Å². The number of fused-ring (bicyclic) bond motifs is 2. The highest BCUT2D eigenvalue weighted by atomic mass is 35.5. The first kappa shape index (κ1) is 28.0. The zero-order chi connectivity index (χ0) is 29.3. The molecule has 2 heterocycles. The number of alkyl halides is 1. The van der Waals surface area contributed by atoms with Crippen LogP contribution in [0.5, 0.6) is 0 Å². The number of benzene rings is 2. The van der Waals surface area contributed by atoms with Gasteiger partial charge in [-0.2, -0.15) is 0 Å². The van der Waals surface area contributed by atoms with Crippen LogP contribution in [0.1, 0.15) is 72.9 Å². The molecule has 1 aromatic heterocycles. The first-order chi connectivity index (χ1) is 19.3. The van der Waals surface area contributed by atoms with Gasteiger partial charge in [-0.25, -0.2) is 18.4 Å². The lowest BCUT2D eigenvalue weighted by Crippen LogP contribution is -2.40. The van der Waals surface area contributed by atoms with Crippen LogP contribution in [0.3, 0.4) is 0 Å². The Labute approximate surface area is 245 Å². The fourth-order valence-electron chi connectivity index (χ4n) is 5.76. The maximum absolute atomic E-state index is 15.2. The number of esters is 2. The number of piperidine rings is 1. The molecule has 3 fully saturated rings. The summed E-state index contributed by atoms with van der Waals surface area (Å²) in [5, 5.41) is 4.47. The van der Waals surface area contributed by atoms with Crippen LogP contribution in [0.15, 0.2) is 40.9 Å². The van der Waals surface area contributed by atoms with Crippen molar-refractivity contribution in [3.8, 4) is 11.3 Å². The minimum atomic E-state index is -1.79. The number of rotatable bonds is 6. The third kappa shape index (κ3) is 5.18.